The van der Waals surface area contributed by atoms with Crippen molar-refractivity contribution in [1.82, 2.24) is 0 Å². The fourth-order valence-corrected chi connectivity index (χ4v) is 10.1. The number of carbonyl (C=O) groups excluding carboxylic acids is 3. The zero-order valence-corrected chi connectivity index (χ0v) is 30.6. The minimum Gasteiger partial charge on any atom is -1.00 e. The number of halogens is 2. The Balaban J connectivity index is 0.00000253. The summed E-state index contributed by atoms with van der Waals surface area (Å²) in [6.45, 7) is 5.61. The largest absolute Gasteiger partial charge is 1.00 e. The summed E-state index contributed by atoms with van der Waals surface area (Å²) in [7, 11) is 12.1. The molecule has 4 aliphatic carbocycles. The van der Waals surface area contributed by atoms with Crippen LogP contribution in [0, 0.1) is 40.4 Å². The van der Waals surface area contributed by atoms with E-state index in [1.807, 2.05) is 42.3 Å². The van der Waals surface area contributed by atoms with Crippen molar-refractivity contribution in [3.63, 3.8) is 0 Å². The van der Waals surface area contributed by atoms with Crippen LogP contribution in [0.2, 0.25) is 0 Å². The van der Waals surface area contributed by atoms with E-state index in [9.17, 15) is 19.5 Å². The standard InChI is InChI=1S/C33H54N2O6.2BrH/c1-31-13-11-23(41-29(38)19-35(6,7)8)16-22(31)9-10-26-25(31)12-14-32(2)30(21-15-28(37)40-20-21)24(17-33(26,32)39)27(36)18-34(3,4)5;;/h15,22-26,30,39H,9-14,16-20H2,1-8H3;2*1H/q+2;;/p-2/t22?,23-,24?,25-,26+,30-,31-,32+,33-;;/m0../s1. The molecule has 5 aliphatic rings. The molecule has 4 saturated carbocycles. The Morgan fingerprint density at radius 1 is 0.953 bits per heavy atom. The third-order valence-corrected chi connectivity index (χ3v) is 11.9. The van der Waals surface area contributed by atoms with Gasteiger partial charge in [-0.3, -0.25) is 4.79 Å². The second-order valence-corrected chi connectivity index (χ2v) is 16.7. The Labute approximate surface area is 279 Å². The predicted molar refractivity (Wildman–Crippen MR) is 155 cm³/mol. The predicted octanol–water partition coefficient (Wildman–Crippen LogP) is -2.63. The van der Waals surface area contributed by atoms with Gasteiger partial charge in [-0.1, -0.05) is 13.8 Å². The second kappa shape index (κ2) is 12.4. The van der Waals surface area contributed by atoms with Crippen LogP contribution < -0.4 is 34.0 Å². The van der Waals surface area contributed by atoms with Crippen molar-refractivity contribution in [1.29, 1.82) is 0 Å². The molecule has 8 nitrogen and oxygen atoms in total. The highest BCUT2D eigenvalue weighted by Gasteiger charge is 2.71. The Kier molecular flexibility index (Phi) is 10.6. The van der Waals surface area contributed by atoms with Gasteiger partial charge in [0, 0.05) is 23.3 Å². The second-order valence-electron chi connectivity index (χ2n) is 16.7. The quantitative estimate of drug-likeness (QED) is 0.228. The Hall–Kier alpha value is -0.810. The van der Waals surface area contributed by atoms with Gasteiger partial charge in [0.2, 0.25) is 0 Å². The minimum atomic E-state index is -0.972. The van der Waals surface area contributed by atoms with E-state index in [0.29, 0.717) is 40.3 Å². The smallest absolute Gasteiger partial charge is 0.362 e. The van der Waals surface area contributed by atoms with Gasteiger partial charge in [-0.15, -0.1) is 0 Å². The summed E-state index contributed by atoms with van der Waals surface area (Å²) >= 11 is 0. The number of carbonyl (C=O) groups is 3. The number of cyclic esters (lactones) is 1. The Bertz CT molecular complexity index is 1130. The van der Waals surface area contributed by atoms with Crippen molar-refractivity contribution in [2.24, 2.45) is 40.4 Å². The zero-order valence-electron chi connectivity index (χ0n) is 27.5. The molecule has 4 fully saturated rings. The summed E-state index contributed by atoms with van der Waals surface area (Å²) in [4.78, 5) is 38.6. The molecule has 1 heterocycles. The fraction of sp³-hybridized carbons (Fsp3) is 0.848. The molecule has 246 valence electrons. The van der Waals surface area contributed by atoms with E-state index >= 15 is 0 Å². The van der Waals surface area contributed by atoms with Gasteiger partial charge in [0.15, 0.2) is 12.3 Å². The number of quaternary nitrogens is 2. The normalized spacial score (nSPS) is 40.5. The van der Waals surface area contributed by atoms with Gasteiger partial charge in [0.1, 0.15) is 19.3 Å². The monoisotopic (exact) mass is 732 g/mol. The van der Waals surface area contributed by atoms with Gasteiger partial charge in [0.05, 0.1) is 47.9 Å². The molecule has 1 aliphatic heterocycles. The molecule has 0 saturated heterocycles. The number of rotatable bonds is 7. The van der Waals surface area contributed by atoms with Crippen molar-refractivity contribution < 1.29 is 71.9 Å². The number of aliphatic hydroxyl groups is 1. The summed E-state index contributed by atoms with van der Waals surface area (Å²) in [5, 5.41) is 12.9. The van der Waals surface area contributed by atoms with E-state index in [0.717, 1.165) is 50.5 Å². The van der Waals surface area contributed by atoms with Gasteiger partial charge in [-0.25, -0.2) is 9.59 Å². The lowest BCUT2D eigenvalue weighted by Gasteiger charge is -2.63. The number of hydrogen-bond donors (Lipinski definition) is 1. The average molecular weight is 735 g/mol. The first kappa shape index (κ1) is 36.7. The highest BCUT2D eigenvalue weighted by molar-refractivity contribution is 5.87. The molecule has 5 rings (SSSR count). The van der Waals surface area contributed by atoms with E-state index in [4.69, 9.17) is 9.47 Å². The molecule has 1 N–H and O–H groups in total. The molecule has 0 amide bonds. The lowest BCUT2D eigenvalue weighted by atomic mass is 9.43. The summed E-state index contributed by atoms with van der Waals surface area (Å²) in [5.74, 6) is 0.173. The van der Waals surface area contributed by atoms with E-state index in [2.05, 4.69) is 13.8 Å². The van der Waals surface area contributed by atoms with E-state index in [1.54, 1.807) is 6.08 Å². The molecular weight excluding hydrogens is 680 g/mol. The molecule has 10 heteroatoms. The third-order valence-electron chi connectivity index (χ3n) is 11.9. The Morgan fingerprint density at radius 2 is 1.60 bits per heavy atom. The third kappa shape index (κ3) is 6.70. The highest BCUT2D eigenvalue weighted by Crippen LogP contribution is 2.71. The summed E-state index contributed by atoms with van der Waals surface area (Å²) in [6.07, 6.45) is 8.57. The molecule has 43 heavy (non-hydrogen) atoms. The molecule has 0 bridgehead atoms. The van der Waals surface area contributed by atoms with Crippen LogP contribution >= 0.6 is 0 Å². The number of nitrogens with zero attached hydrogens (tertiary/aromatic N) is 2. The fourth-order valence-electron chi connectivity index (χ4n) is 10.1. The lowest BCUT2D eigenvalue weighted by Crippen LogP contribution is -3.00. The maximum atomic E-state index is 13.9. The van der Waals surface area contributed by atoms with Crippen LogP contribution in [0.4, 0.5) is 0 Å². The van der Waals surface area contributed by atoms with Gasteiger partial charge in [-0.05, 0) is 80.1 Å². The molecule has 2 unspecified atom stereocenters. The topological polar surface area (TPSA) is 89.9 Å². The molecule has 0 aromatic rings. The average Bonchev–Trinajstić information content (AvgIpc) is 3.34. The van der Waals surface area contributed by atoms with Crippen molar-refractivity contribution in [3.05, 3.63) is 11.6 Å². The van der Waals surface area contributed by atoms with Crippen LogP contribution in [-0.4, -0.2) is 105 Å². The molecule has 9 atom stereocenters. The number of ether oxygens (including phenoxy) is 2. The van der Waals surface area contributed by atoms with Gasteiger partial charge < -0.3 is 57.5 Å². The van der Waals surface area contributed by atoms with Gasteiger partial charge in [0.25, 0.3) is 0 Å². The van der Waals surface area contributed by atoms with Crippen LogP contribution in [0.5, 0.6) is 0 Å². The molecule has 0 spiro atoms. The van der Waals surface area contributed by atoms with Crippen molar-refractivity contribution in [3.8, 4) is 0 Å². The Morgan fingerprint density at radius 3 is 2.19 bits per heavy atom. The van der Waals surface area contributed by atoms with Crippen LogP contribution in [0.15, 0.2) is 11.6 Å². The maximum absolute atomic E-state index is 13.9. The lowest BCUT2D eigenvalue weighted by molar-refractivity contribution is -0.862. The maximum Gasteiger partial charge on any atom is 0.362 e. The van der Waals surface area contributed by atoms with Crippen molar-refractivity contribution in [2.45, 2.75) is 76.9 Å². The van der Waals surface area contributed by atoms with Crippen LogP contribution in [-0.2, 0) is 23.9 Å². The summed E-state index contributed by atoms with van der Waals surface area (Å²) in [6, 6.07) is 0. The number of hydrogen-bond acceptors (Lipinski definition) is 6. The number of esters is 2. The first-order valence-corrected chi connectivity index (χ1v) is 15.8. The highest BCUT2D eigenvalue weighted by atomic mass is 79.9. The first-order valence-electron chi connectivity index (χ1n) is 15.8. The summed E-state index contributed by atoms with van der Waals surface area (Å²) in [5.41, 5.74) is -0.488. The van der Waals surface area contributed by atoms with Crippen LogP contribution in [0.25, 0.3) is 0 Å². The number of ketones is 1. The zero-order chi connectivity index (χ0) is 30.2. The van der Waals surface area contributed by atoms with Crippen molar-refractivity contribution >= 4 is 17.7 Å². The molecule has 0 aromatic carbocycles. The number of fused-ring (bicyclic) bond motifs is 5. The number of likely N-dealkylation sites (N-methyl/N-ethyl adjacent to an activating group) is 2. The van der Waals surface area contributed by atoms with Crippen LogP contribution in [0.1, 0.15) is 65.2 Å². The van der Waals surface area contributed by atoms with E-state index < -0.39 is 11.0 Å². The van der Waals surface area contributed by atoms with E-state index in [1.165, 1.54) is 0 Å². The number of Topliss-reactive ketones (excluding diaryl/α,β-unsaturated/α-hetero) is 1. The van der Waals surface area contributed by atoms with Crippen LogP contribution in [0.3, 0.4) is 0 Å². The van der Waals surface area contributed by atoms with Gasteiger partial charge in [-0.2, -0.15) is 0 Å². The molecule has 0 aromatic heterocycles. The molecule has 0 radical (unpaired) electrons. The van der Waals surface area contributed by atoms with E-state index in [-0.39, 0.29) is 87.6 Å². The first-order chi connectivity index (χ1) is 18.9. The summed E-state index contributed by atoms with van der Waals surface area (Å²) < 4.78 is 12.4. The minimum absolute atomic E-state index is 0. The van der Waals surface area contributed by atoms with Gasteiger partial charge >= 0.3 is 11.9 Å². The van der Waals surface area contributed by atoms with Crippen molar-refractivity contribution in [2.75, 3.05) is 62.0 Å². The SMILES string of the molecule is C[C@]12CC[C@H](OC(=O)C[N+](C)(C)C)CC1CC[C@@H]1[C@@H]2CC[C@]2(C)[C@@H](C3=CC(=O)OC3)C(C(=O)C[N+](C)(C)C)C[C@]12O.[Br-].[Br-]. The molecular formula is C33H54Br2N2O6.